The highest BCUT2D eigenvalue weighted by Crippen LogP contribution is 2.36. The number of hydrogen-bond donors (Lipinski definition) is 5. The fourth-order valence-corrected chi connectivity index (χ4v) is 5.32. The van der Waals surface area contributed by atoms with Gasteiger partial charge in [0.25, 0.3) is 0 Å². The lowest BCUT2D eigenvalue weighted by molar-refractivity contribution is -0.143. The average Bonchev–Trinajstić information content (AvgIpc) is 3.65. The number of aromatic nitrogens is 1. The van der Waals surface area contributed by atoms with E-state index >= 15 is 0 Å². The number of carbonyl (C=O) groups is 3. The minimum Gasteiger partial charge on any atom is -0.361 e. The lowest BCUT2D eigenvalue weighted by Gasteiger charge is -2.25. The molecule has 1 fully saturated rings. The first kappa shape index (κ1) is 33.8. The average molecular weight is 640 g/mol. The molecule has 45 heavy (non-hydrogen) atoms. The second-order valence-corrected chi connectivity index (χ2v) is 11.6. The van der Waals surface area contributed by atoms with Gasteiger partial charge in [-0.3, -0.25) is 14.4 Å². The summed E-state index contributed by atoms with van der Waals surface area (Å²) < 4.78 is 80.2. The predicted octanol–water partition coefficient (Wildman–Crippen LogP) is 4.83. The zero-order valence-corrected chi connectivity index (χ0v) is 24.7. The van der Waals surface area contributed by atoms with Crippen LogP contribution in [-0.2, 0) is 39.7 Å². The number of hydrogen-bond acceptors (Lipinski definition) is 4. The van der Waals surface area contributed by atoms with Crippen molar-refractivity contribution < 1.29 is 40.7 Å². The summed E-state index contributed by atoms with van der Waals surface area (Å²) >= 11 is 0. The summed E-state index contributed by atoms with van der Waals surface area (Å²) in [5, 5.41) is 11.6. The fraction of sp³-hybridized carbons (Fsp3) is 0.452. The number of para-hydroxylation sites is 1. The first-order valence-corrected chi connectivity index (χ1v) is 14.6. The van der Waals surface area contributed by atoms with Crippen molar-refractivity contribution in [2.24, 2.45) is 5.92 Å². The van der Waals surface area contributed by atoms with Gasteiger partial charge in [0, 0.05) is 30.1 Å². The highest BCUT2D eigenvalue weighted by molar-refractivity contribution is 5.94. The quantitative estimate of drug-likeness (QED) is 0.194. The highest BCUT2D eigenvalue weighted by Gasteiger charge is 2.37. The zero-order chi connectivity index (χ0) is 32.9. The predicted molar refractivity (Wildman–Crippen MR) is 155 cm³/mol. The van der Waals surface area contributed by atoms with E-state index in [0.717, 1.165) is 17.3 Å². The molecular weight excluding hydrogens is 604 g/mol. The van der Waals surface area contributed by atoms with Crippen LogP contribution in [0.3, 0.4) is 0 Å². The largest absolute Gasteiger partial charge is 0.416 e. The van der Waals surface area contributed by atoms with Crippen LogP contribution in [0.15, 0.2) is 48.7 Å². The van der Waals surface area contributed by atoms with Crippen LogP contribution >= 0.6 is 0 Å². The normalized spacial score (nSPS) is 16.9. The molecule has 0 spiro atoms. The van der Waals surface area contributed by atoms with Gasteiger partial charge in [0.15, 0.2) is 0 Å². The number of H-pyrrole nitrogens is 1. The summed E-state index contributed by atoms with van der Waals surface area (Å²) in [4.78, 5) is 42.9. The van der Waals surface area contributed by atoms with E-state index in [1.807, 2.05) is 19.9 Å². The zero-order valence-electron chi connectivity index (χ0n) is 24.7. The topological polar surface area (TPSA) is 115 Å². The molecule has 0 saturated carbocycles. The summed E-state index contributed by atoms with van der Waals surface area (Å²) in [6, 6.07) is 5.56. The van der Waals surface area contributed by atoms with Gasteiger partial charge in [0.2, 0.25) is 17.7 Å². The van der Waals surface area contributed by atoms with Crippen molar-refractivity contribution >= 4 is 28.6 Å². The summed E-state index contributed by atoms with van der Waals surface area (Å²) in [5.41, 5.74) is -2.03. The minimum absolute atomic E-state index is 0.00954. The van der Waals surface area contributed by atoms with Gasteiger partial charge in [-0.25, -0.2) is 0 Å². The van der Waals surface area contributed by atoms with Crippen molar-refractivity contribution in [3.8, 4) is 0 Å². The first-order chi connectivity index (χ1) is 21.1. The molecule has 3 aromatic rings. The Balaban J connectivity index is 1.58. The number of nitrogens with one attached hydrogen (secondary N) is 5. The number of fused-ring (bicyclic) bond motifs is 1. The standard InChI is InChI=1S/C31H35F6N5O3/c1-17(2)10-25(41-28(44)24-8-5-9-38-24)29(45)42-26(13-19-16-39-23-7-4-3-6-22(19)23)27(43)40-15-18-11-20(30(32,33)34)14-21(12-18)31(35,36)37/h3-4,6-7,11-12,14,16-17,24-26,38-39H,5,8-10,13,15H2,1-2H3,(H,40,43)(H,41,44)(H,42,45)/t24-,25-,26-/m0/s1. The molecular formula is C31H35F6N5O3. The van der Waals surface area contributed by atoms with Crippen LogP contribution < -0.4 is 21.3 Å². The molecule has 2 aromatic carbocycles. The maximum atomic E-state index is 13.5. The van der Waals surface area contributed by atoms with E-state index in [0.29, 0.717) is 30.7 Å². The fourth-order valence-electron chi connectivity index (χ4n) is 5.32. The summed E-state index contributed by atoms with van der Waals surface area (Å²) in [6.45, 7) is 3.73. The second-order valence-electron chi connectivity index (χ2n) is 11.6. The van der Waals surface area contributed by atoms with Gasteiger partial charge in [-0.05, 0) is 67.1 Å². The van der Waals surface area contributed by atoms with E-state index in [1.54, 1.807) is 24.4 Å². The van der Waals surface area contributed by atoms with Crippen molar-refractivity contribution in [1.29, 1.82) is 0 Å². The van der Waals surface area contributed by atoms with Crippen LogP contribution in [-0.4, -0.2) is 47.4 Å². The van der Waals surface area contributed by atoms with E-state index in [-0.39, 0.29) is 30.7 Å². The van der Waals surface area contributed by atoms with Crippen molar-refractivity contribution in [1.82, 2.24) is 26.3 Å². The first-order valence-electron chi connectivity index (χ1n) is 14.6. The number of amides is 3. The number of halogens is 6. The van der Waals surface area contributed by atoms with E-state index in [2.05, 4.69) is 26.3 Å². The SMILES string of the molecule is CC(C)C[C@H](NC(=O)[C@@H]1CCCN1)C(=O)N[C@@H](Cc1c[nH]c2ccccc12)C(=O)NCc1cc(C(F)(F)F)cc(C(F)(F)F)c1. The third-order valence-electron chi connectivity index (χ3n) is 7.56. The Bertz CT molecular complexity index is 1480. The Labute approximate surface area is 255 Å². The van der Waals surface area contributed by atoms with Crippen LogP contribution in [0.4, 0.5) is 26.3 Å². The van der Waals surface area contributed by atoms with Gasteiger partial charge in [-0.15, -0.1) is 0 Å². The molecule has 3 atom stereocenters. The molecule has 0 aliphatic carbocycles. The molecule has 1 saturated heterocycles. The summed E-state index contributed by atoms with van der Waals surface area (Å²) in [6.07, 6.45) is -6.81. The third kappa shape index (κ3) is 8.99. The molecule has 244 valence electrons. The van der Waals surface area contributed by atoms with Crippen LogP contribution in [0.1, 0.15) is 55.4 Å². The maximum absolute atomic E-state index is 13.5. The molecule has 1 aromatic heterocycles. The van der Waals surface area contributed by atoms with Crippen LogP contribution in [0.25, 0.3) is 10.9 Å². The van der Waals surface area contributed by atoms with Gasteiger partial charge >= 0.3 is 12.4 Å². The van der Waals surface area contributed by atoms with Gasteiger partial charge in [0.1, 0.15) is 12.1 Å². The van der Waals surface area contributed by atoms with E-state index in [1.165, 1.54) is 0 Å². The smallest absolute Gasteiger partial charge is 0.361 e. The van der Waals surface area contributed by atoms with Crippen molar-refractivity contribution in [3.05, 3.63) is 70.9 Å². The Morgan fingerprint density at radius 2 is 1.58 bits per heavy atom. The summed E-state index contributed by atoms with van der Waals surface area (Å²) in [7, 11) is 0. The van der Waals surface area contributed by atoms with Gasteiger partial charge in [0.05, 0.1) is 17.2 Å². The minimum atomic E-state index is -5.05. The van der Waals surface area contributed by atoms with E-state index < -0.39 is 65.5 Å². The summed E-state index contributed by atoms with van der Waals surface area (Å²) in [5.74, 6) is -1.83. The number of rotatable bonds is 11. The van der Waals surface area contributed by atoms with Crippen molar-refractivity contribution in [2.75, 3.05) is 6.54 Å². The van der Waals surface area contributed by atoms with Crippen LogP contribution in [0, 0.1) is 5.92 Å². The second kappa shape index (κ2) is 13.9. The Hall–Kier alpha value is -4.07. The van der Waals surface area contributed by atoms with E-state index in [4.69, 9.17) is 0 Å². The number of aromatic amines is 1. The molecule has 4 rings (SSSR count). The van der Waals surface area contributed by atoms with Crippen LogP contribution in [0.2, 0.25) is 0 Å². The van der Waals surface area contributed by atoms with Gasteiger partial charge in [-0.1, -0.05) is 32.0 Å². The Kier molecular flexibility index (Phi) is 10.5. The molecule has 2 heterocycles. The number of alkyl halides is 6. The molecule has 0 bridgehead atoms. The molecule has 0 radical (unpaired) electrons. The van der Waals surface area contributed by atoms with Gasteiger partial charge < -0.3 is 26.3 Å². The van der Waals surface area contributed by atoms with E-state index in [9.17, 15) is 40.7 Å². The lowest BCUT2D eigenvalue weighted by Crippen LogP contribution is -2.56. The van der Waals surface area contributed by atoms with Crippen molar-refractivity contribution in [3.63, 3.8) is 0 Å². The maximum Gasteiger partial charge on any atom is 0.416 e. The van der Waals surface area contributed by atoms with Crippen molar-refractivity contribution in [2.45, 2.75) is 76.6 Å². The highest BCUT2D eigenvalue weighted by atomic mass is 19.4. The Morgan fingerprint density at radius 1 is 0.911 bits per heavy atom. The molecule has 5 N–H and O–H groups in total. The molecule has 3 amide bonds. The molecule has 1 aliphatic heterocycles. The number of benzene rings is 2. The monoisotopic (exact) mass is 639 g/mol. The third-order valence-corrected chi connectivity index (χ3v) is 7.56. The van der Waals surface area contributed by atoms with Crippen LogP contribution in [0.5, 0.6) is 0 Å². The molecule has 8 nitrogen and oxygen atoms in total. The molecule has 14 heteroatoms. The number of carbonyl (C=O) groups excluding carboxylic acids is 3. The lowest BCUT2D eigenvalue weighted by atomic mass is 10.00. The van der Waals surface area contributed by atoms with Gasteiger partial charge in [-0.2, -0.15) is 26.3 Å². The Morgan fingerprint density at radius 3 is 2.18 bits per heavy atom. The molecule has 0 unspecified atom stereocenters. The molecule has 1 aliphatic rings.